The first-order valence-corrected chi connectivity index (χ1v) is 8.07. The van der Waals surface area contributed by atoms with E-state index in [4.69, 9.17) is 0 Å². The van der Waals surface area contributed by atoms with Crippen LogP contribution in [0, 0.1) is 0 Å². The fourth-order valence-corrected chi connectivity index (χ4v) is 3.00. The number of rotatable bonds is 6. The maximum absolute atomic E-state index is 3.93. The van der Waals surface area contributed by atoms with Gasteiger partial charge < -0.3 is 5.32 Å². The van der Waals surface area contributed by atoms with E-state index in [0.717, 1.165) is 12.2 Å². The van der Waals surface area contributed by atoms with Crippen molar-refractivity contribution in [1.82, 2.24) is 25.5 Å². The third-order valence-electron chi connectivity index (χ3n) is 3.95. The van der Waals surface area contributed by atoms with Crippen LogP contribution in [0.5, 0.6) is 0 Å². The molecule has 1 aliphatic rings. The van der Waals surface area contributed by atoms with Crippen LogP contribution < -0.4 is 5.32 Å². The van der Waals surface area contributed by atoms with Crippen LogP contribution in [-0.4, -0.2) is 37.8 Å². The highest BCUT2D eigenvalue weighted by molar-refractivity contribution is 8.00. The van der Waals surface area contributed by atoms with Crippen LogP contribution in [0.15, 0.2) is 30.6 Å². The summed E-state index contributed by atoms with van der Waals surface area (Å²) in [5, 5.41) is 14.9. The first-order chi connectivity index (χ1) is 9.72. The van der Waals surface area contributed by atoms with Crippen LogP contribution in [-0.2, 0) is 0 Å². The van der Waals surface area contributed by atoms with Gasteiger partial charge in [-0.05, 0) is 54.1 Å². The summed E-state index contributed by atoms with van der Waals surface area (Å²) < 4.78 is 2.17. The molecule has 1 aromatic carbocycles. The molecule has 1 aromatic heterocycles. The van der Waals surface area contributed by atoms with Crippen LogP contribution in [0.4, 0.5) is 0 Å². The Morgan fingerprint density at radius 2 is 2.30 bits per heavy atom. The molecule has 2 aromatic rings. The lowest BCUT2D eigenvalue weighted by atomic mass is 10.1. The topological polar surface area (TPSA) is 55.6 Å². The van der Waals surface area contributed by atoms with Gasteiger partial charge in [0.1, 0.15) is 6.33 Å². The Labute approximate surface area is 123 Å². The first kappa shape index (κ1) is 13.6. The molecular formula is C14H19N5S. The summed E-state index contributed by atoms with van der Waals surface area (Å²) in [6.45, 7) is 3.28. The minimum absolute atomic E-state index is 0.330. The second kappa shape index (κ2) is 5.54. The number of thioether (sulfide) groups is 1. The molecule has 1 fully saturated rings. The SMILES string of the molecule is CSC1(CNC(C)c2cccc(-n3cnnn3)c2)CC1. The molecule has 5 nitrogen and oxygen atoms in total. The average molecular weight is 289 g/mol. The van der Waals surface area contributed by atoms with E-state index in [1.807, 2.05) is 23.9 Å². The van der Waals surface area contributed by atoms with Crippen LogP contribution in [0.1, 0.15) is 31.4 Å². The largest absolute Gasteiger partial charge is 0.309 e. The molecule has 0 saturated heterocycles. The van der Waals surface area contributed by atoms with E-state index in [-0.39, 0.29) is 0 Å². The molecule has 0 aliphatic heterocycles. The standard InChI is InChI=1S/C14H19N5S/c1-11(15-9-14(20-2)6-7-14)12-4-3-5-13(8-12)19-10-16-17-18-19/h3-5,8,10-11,15H,6-7,9H2,1-2H3. The van der Waals surface area contributed by atoms with Crippen molar-refractivity contribution >= 4 is 11.8 Å². The van der Waals surface area contributed by atoms with Gasteiger partial charge in [-0.1, -0.05) is 12.1 Å². The van der Waals surface area contributed by atoms with Crippen molar-refractivity contribution in [1.29, 1.82) is 0 Å². The molecule has 106 valence electrons. The van der Waals surface area contributed by atoms with Gasteiger partial charge in [-0.3, -0.25) is 0 Å². The van der Waals surface area contributed by atoms with E-state index in [1.165, 1.54) is 18.4 Å². The summed E-state index contributed by atoms with van der Waals surface area (Å²) in [5.41, 5.74) is 2.25. The fourth-order valence-electron chi connectivity index (χ4n) is 2.27. The monoisotopic (exact) mass is 289 g/mol. The van der Waals surface area contributed by atoms with E-state index in [2.05, 4.69) is 46.2 Å². The van der Waals surface area contributed by atoms with Gasteiger partial charge in [0.05, 0.1) is 5.69 Å². The van der Waals surface area contributed by atoms with Crippen LogP contribution in [0.2, 0.25) is 0 Å². The molecule has 20 heavy (non-hydrogen) atoms. The lowest BCUT2D eigenvalue weighted by Crippen LogP contribution is -2.28. The van der Waals surface area contributed by atoms with Gasteiger partial charge in [0.15, 0.2) is 0 Å². The maximum Gasteiger partial charge on any atom is 0.143 e. The predicted molar refractivity (Wildman–Crippen MR) is 81.1 cm³/mol. The Balaban J connectivity index is 1.68. The van der Waals surface area contributed by atoms with E-state index in [1.54, 1.807) is 11.0 Å². The number of hydrogen-bond donors (Lipinski definition) is 1. The van der Waals surface area contributed by atoms with Crippen LogP contribution in [0.3, 0.4) is 0 Å². The van der Waals surface area contributed by atoms with E-state index >= 15 is 0 Å². The van der Waals surface area contributed by atoms with Gasteiger partial charge in [0, 0.05) is 17.3 Å². The second-order valence-electron chi connectivity index (χ2n) is 5.34. The molecule has 0 spiro atoms. The van der Waals surface area contributed by atoms with Gasteiger partial charge in [-0.15, -0.1) is 5.10 Å². The number of aromatic nitrogens is 4. The Bertz CT molecular complexity index is 565. The minimum Gasteiger partial charge on any atom is -0.309 e. The lowest BCUT2D eigenvalue weighted by Gasteiger charge is -2.19. The Morgan fingerprint density at radius 1 is 1.45 bits per heavy atom. The normalized spacial score (nSPS) is 17.9. The van der Waals surface area contributed by atoms with E-state index in [9.17, 15) is 0 Å². The number of benzene rings is 1. The Hall–Kier alpha value is -1.40. The highest BCUT2D eigenvalue weighted by Gasteiger charge is 2.41. The number of nitrogens with zero attached hydrogens (tertiary/aromatic N) is 4. The molecular weight excluding hydrogens is 270 g/mol. The zero-order chi connectivity index (χ0) is 14.0. The van der Waals surface area contributed by atoms with Gasteiger partial charge in [-0.25, -0.2) is 4.68 Å². The fraction of sp³-hybridized carbons (Fsp3) is 0.500. The molecule has 3 rings (SSSR count). The molecule has 0 radical (unpaired) electrons. The van der Waals surface area contributed by atoms with Crippen LogP contribution in [0.25, 0.3) is 5.69 Å². The summed E-state index contributed by atoms with van der Waals surface area (Å²) in [6, 6.07) is 8.66. The Morgan fingerprint density at radius 3 is 2.95 bits per heavy atom. The van der Waals surface area contributed by atoms with Crippen molar-refractivity contribution in [3.05, 3.63) is 36.2 Å². The number of tetrazole rings is 1. The summed E-state index contributed by atoms with van der Waals surface area (Å²) in [5.74, 6) is 0. The van der Waals surface area contributed by atoms with E-state index < -0.39 is 0 Å². The minimum atomic E-state index is 0.330. The smallest absolute Gasteiger partial charge is 0.143 e. The zero-order valence-electron chi connectivity index (χ0n) is 11.8. The van der Waals surface area contributed by atoms with Gasteiger partial charge in [-0.2, -0.15) is 11.8 Å². The van der Waals surface area contributed by atoms with Gasteiger partial charge in [0.2, 0.25) is 0 Å². The lowest BCUT2D eigenvalue weighted by molar-refractivity contribution is 0.563. The van der Waals surface area contributed by atoms with Crippen molar-refractivity contribution < 1.29 is 0 Å². The first-order valence-electron chi connectivity index (χ1n) is 6.84. The molecule has 1 heterocycles. The highest BCUT2D eigenvalue weighted by Crippen LogP contribution is 2.46. The van der Waals surface area contributed by atoms with Crippen molar-refractivity contribution in [3.8, 4) is 5.69 Å². The van der Waals surface area contributed by atoms with E-state index in [0.29, 0.717) is 10.8 Å². The third-order valence-corrected chi connectivity index (χ3v) is 5.37. The Kier molecular flexibility index (Phi) is 3.76. The number of nitrogens with one attached hydrogen (secondary N) is 1. The molecule has 1 N–H and O–H groups in total. The summed E-state index contributed by atoms with van der Waals surface area (Å²) in [6.07, 6.45) is 6.49. The van der Waals surface area contributed by atoms with Crippen molar-refractivity contribution in [2.24, 2.45) is 0 Å². The molecule has 0 amide bonds. The summed E-state index contributed by atoms with van der Waals surface area (Å²) >= 11 is 1.98. The molecule has 1 unspecified atom stereocenters. The summed E-state index contributed by atoms with van der Waals surface area (Å²) in [7, 11) is 0. The number of hydrogen-bond acceptors (Lipinski definition) is 5. The van der Waals surface area contributed by atoms with Crippen molar-refractivity contribution in [2.45, 2.75) is 30.6 Å². The zero-order valence-corrected chi connectivity index (χ0v) is 12.6. The third kappa shape index (κ3) is 2.86. The molecule has 0 bridgehead atoms. The summed E-state index contributed by atoms with van der Waals surface area (Å²) in [4.78, 5) is 0. The van der Waals surface area contributed by atoms with Crippen LogP contribution >= 0.6 is 11.8 Å². The second-order valence-corrected chi connectivity index (χ2v) is 6.61. The molecule has 1 aliphatic carbocycles. The molecule has 1 atom stereocenters. The van der Waals surface area contributed by atoms with Gasteiger partial charge >= 0.3 is 0 Å². The van der Waals surface area contributed by atoms with Gasteiger partial charge in [0.25, 0.3) is 0 Å². The molecule has 1 saturated carbocycles. The average Bonchev–Trinajstić information content (AvgIpc) is 3.07. The van der Waals surface area contributed by atoms with Crippen molar-refractivity contribution in [2.75, 3.05) is 12.8 Å². The highest BCUT2D eigenvalue weighted by atomic mass is 32.2. The van der Waals surface area contributed by atoms with Crippen molar-refractivity contribution in [3.63, 3.8) is 0 Å². The quantitative estimate of drug-likeness (QED) is 0.883. The molecule has 6 heteroatoms. The predicted octanol–water partition coefficient (Wildman–Crippen LogP) is 2.21. The maximum atomic E-state index is 3.93.